The summed E-state index contributed by atoms with van der Waals surface area (Å²) in [4.78, 5) is 14.6. The summed E-state index contributed by atoms with van der Waals surface area (Å²) in [5, 5.41) is 2.20. The summed E-state index contributed by atoms with van der Waals surface area (Å²) in [5.41, 5.74) is 15.2. The molecule has 0 aliphatic heterocycles. The largest absolute Gasteiger partial charge is 0.455 e. The van der Waals surface area contributed by atoms with Gasteiger partial charge in [-0.25, -0.2) is 9.97 Å². The lowest BCUT2D eigenvalue weighted by Gasteiger charge is -2.14. The average molecular weight is 704 g/mol. The van der Waals surface area contributed by atoms with Crippen molar-refractivity contribution in [2.75, 3.05) is 0 Å². The average Bonchev–Trinajstić information content (AvgIpc) is 3.66. The first-order chi connectivity index (χ1) is 27.2. The van der Waals surface area contributed by atoms with Gasteiger partial charge in [0.2, 0.25) is 0 Å². The smallest absolute Gasteiger partial charge is 0.160 e. The van der Waals surface area contributed by atoms with Crippen molar-refractivity contribution in [1.82, 2.24) is 15.0 Å². The Balaban J connectivity index is 1.18. The molecule has 4 nitrogen and oxygen atoms in total. The Morgan fingerprint density at radius 2 is 0.855 bits per heavy atom. The van der Waals surface area contributed by atoms with Gasteiger partial charge in [0.1, 0.15) is 11.2 Å². The number of fused-ring (bicyclic) bond motifs is 3. The van der Waals surface area contributed by atoms with E-state index in [2.05, 4.69) is 151 Å². The molecule has 55 heavy (non-hydrogen) atoms. The van der Waals surface area contributed by atoms with Crippen LogP contribution < -0.4 is 0 Å². The summed E-state index contributed by atoms with van der Waals surface area (Å²) < 4.78 is 6.57. The van der Waals surface area contributed by atoms with Crippen LogP contribution in [0, 0.1) is 0 Å². The van der Waals surface area contributed by atoms with E-state index in [1.807, 2.05) is 54.9 Å². The van der Waals surface area contributed by atoms with Crippen molar-refractivity contribution >= 4 is 21.9 Å². The fourth-order valence-electron chi connectivity index (χ4n) is 7.42. The third kappa shape index (κ3) is 6.26. The number of furan rings is 1. The molecule has 0 aliphatic rings. The molecule has 0 N–H and O–H groups in total. The Hall–Kier alpha value is -7.43. The zero-order valence-corrected chi connectivity index (χ0v) is 29.8. The number of pyridine rings is 1. The molecular weight excluding hydrogens is 671 g/mol. The van der Waals surface area contributed by atoms with Crippen LogP contribution in [-0.4, -0.2) is 15.0 Å². The maximum atomic E-state index is 6.57. The zero-order chi connectivity index (χ0) is 36.6. The first-order valence-corrected chi connectivity index (χ1v) is 18.4. The van der Waals surface area contributed by atoms with Crippen molar-refractivity contribution in [3.05, 3.63) is 200 Å². The maximum absolute atomic E-state index is 6.57. The van der Waals surface area contributed by atoms with Gasteiger partial charge in [-0.15, -0.1) is 0 Å². The van der Waals surface area contributed by atoms with E-state index in [-0.39, 0.29) is 0 Å². The number of nitrogens with zero attached hydrogens (tertiary/aromatic N) is 3. The lowest BCUT2D eigenvalue weighted by Crippen LogP contribution is -1.96. The van der Waals surface area contributed by atoms with Gasteiger partial charge in [-0.1, -0.05) is 140 Å². The fourth-order valence-corrected chi connectivity index (χ4v) is 7.42. The molecule has 0 unspecified atom stereocenters. The van der Waals surface area contributed by atoms with Crippen LogP contribution in [0.5, 0.6) is 0 Å². The highest BCUT2D eigenvalue weighted by molar-refractivity contribution is 6.09. The number of para-hydroxylation sites is 2. The summed E-state index contributed by atoms with van der Waals surface area (Å²) >= 11 is 0. The molecule has 0 atom stereocenters. The second-order valence-corrected chi connectivity index (χ2v) is 13.7. The summed E-state index contributed by atoms with van der Waals surface area (Å²) in [6.07, 6.45) is 3.64. The summed E-state index contributed by atoms with van der Waals surface area (Å²) in [6, 6.07) is 65.6. The van der Waals surface area contributed by atoms with Crippen LogP contribution in [0.25, 0.3) is 100 Å². The standard InChI is InChI=1S/C51H33N3O/c1-3-11-34(12-4-1)39-15-9-16-40(29-39)41-30-42(44-18-10-19-46-45-17-7-8-20-49(45)55-50(44)46)32-43(31-41)48-33-47(53-51(54-48)38-13-5-2-6-14-38)37-23-21-35(22-24-37)36-25-27-52-28-26-36/h1-33H. The van der Waals surface area contributed by atoms with E-state index >= 15 is 0 Å². The van der Waals surface area contributed by atoms with Crippen LogP contribution in [0.2, 0.25) is 0 Å². The van der Waals surface area contributed by atoms with E-state index < -0.39 is 0 Å². The Morgan fingerprint density at radius 1 is 0.327 bits per heavy atom. The van der Waals surface area contributed by atoms with Crippen LogP contribution in [-0.2, 0) is 0 Å². The van der Waals surface area contributed by atoms with Gasteiger partial charge < -0.3 is 4.42 Å². The van der Waals surface area contributed by atoms with E-state index in [0.717, 1.165) is 89.0 Å². The van der Waals surface area contributed by atoms with Crippen molar-refractivity contribution in [2.45, 2.75) is 0 Å². The molecular formula is C51H33N3O. The minimum Gasteiger partial charge on any atom is -0.455 e. The second-order valence-electron chi connectivity index (χ2n) is 13.7. The molecule has 3 heterocycles. The lowest BCUT2D eigenvalue weighted by atomic mass is 9.92. The van der Waals surface area contributed by atoms with Gasteiger partial charge in [0, 0.05) is 45.4 Å². The van der Waals surface area contributed by atoms with Crippen LogP contribution in [0.3, 0.4) is 0 Å². The molecule has 258 valence electrons. The fraction of sp³-hybridized carbons (Fsp3) is 0. The molecule has 4 heteroatoms. The molecule has 0 fully saturated rings. The molecule has 0 aliphatic carbocycles. The summed E-state index contributed by atoms with van der Waals surface area (Å²) in [7, 11) is 0. The van der Waals surface area contributed by atoms with Gasteiger partial charge in [0.25, 0.3) is 0 Å². The van der Waals surface area contributed by atoms with Gasteiger partial charge in [0.15, 0.2) is 5.82 Å². The third-order valence-corrected chi connectivity index (χ3v) is 10.2. The molecule has 0 amide bonds. The predicted octanol–water partition coefficient (Wildman–Crippen LogP) is 13.4. The van der Waals surface area contributed by atoms with Crippen molar-refractivity contribution in [3.8, 4) is 78.4 Å². The topological polar surface area (TPSA) is 51.8 Å². The first kappa shape index (κ1) is 32.2. The molecule has 0 radical (unpaired) electrons. The Bertz CT molecular complexity index is 2950. The molecule has 7 aromatic carbocycles. The molecule has 0 bridgehead atoms. The molecule has 3 aromatic heterocycles. The second kappa shape index (κ2) is 13.8. The van der Waals surface area contributed by atoms with Crippen molar-refractivity contribution in [3.63, 3.8) is 0 Å². The van der Waals surface area contributed by atoms with E-state index in [9.17, 15) is 0 Å². The lowest BCUT2D eigenvalue weighted by molar-refractivity contribution is 0.670. The van der Waals surface area contributed by atoms with E-state index in [1.165, 1.54) is 5.56 Å². The predicted molar refractivity (Wildman–Crippen MR) is 225 cm³/mol. The van der Waals surface area contributed by atoms with E-state index in [0.29, 0.717) is 5.82 Å². The van der Waals surface area contributed by atoms with Crippen LogP contribution >= 0.6 is 0 Å². The van der Waals surface area contributed by atoms with Crippen molar-refractivity contribution in [2.24, 2.45) is 0 Å². The Morgan fingerprint density at radius 3 is 1.64 bits per heavy atom. The van der Waals surface area contributed by atoms with Crippen LogP contribution in [0.15, 0.2) is 205 Å². The number of rotatable bonds is 7. The Labute approximate surface area is 319 Å². The van der Waals surface area contributed by atoms with E-state index in [1.54, 1.807) is 0 Å². The van der Waals surface area contributed by atoms with Gasteiger partial charge >= 0.3 is 0 Å². The molecule has 0 saturated heterocycles. The number of aromatic nitrogens is 3. The molecule has 0 saturated carbocycles. The number of hydrogen-bond donors (Lipinski definition) is 0. The highest BCUT2D eigenvalue weighted by Crippen LogP contribution is 2.40. The summed E-state index contributed by atoms with van der Waals surface area (Å²) in [6.45, 7) is 0. The van der Waals surface area contributed by atoms with Gasteiger partial charge in [-0.3, -0.25) is 4.98 Å². The van der Waals surface area contributed by atoms with E-state index in [4.69, 9.17) is 14.4 Å². The minimum absolute atomic E-state index is 0.670. The quantitative estimate of drug-likeness (QED) is 0.166. The SMILES string of the molecule is c1ccc(-c2cccc(-c3cc(-c4cc(-c5ccc(-c6ccncc6)cc5)nc(-c5ccccc5)n4)cc(-c4cccc5c4oc4ccccc45)c3)c2)cc1. The summed E-state index contributed by atoms with van der Waals surface area (Å²) in [5.74, 6) is 0.670. The van der Waals surface area contributed by atoms with Crippen LogP contribution in [0.1, 0.15) is 0 Å². The first-order valence-electron chi connectivity index (χ1n) is 18.4. The van der Waals surface area contributed by atoms with Crippen molar-refractivity contribution < 1.29 is 4.42 Å². The van der Waals surface area contributed by atoms with Gasteiger partial charge in [0.05, 0.1) is 11.4 Å². The zero-order valence-electron chi connectivity index (χ0n) is 29.8. The van der Waals surface area contributed by atoms with Gasteiger partial charge in [-0.2, -0.15) is 0 Å². The van der Waals surface area contributed by atoms with Gasteiger partial charge in [-0.05, 0) is 87.5 Å². The Kier molecular flexibility index (Phi) is 8.12. The molecule has 0 spiro atoms. The number of hydrogen-bond acceptors (Lipinski definition) is 4. The van der Waals surface area contributed by atoms with Crippen LogP contribution in [0.4, 0.5) is 0 Å². The highest BCUT2D eigenvalue weighted by Gasteiger charge is 2.17. The van der Waals surface area contributed by atoms with Crippen molar-refractivity contribution in [1.29, 1.82) is 0 Å². The normalized spacial score (nSPS) is 11.3. The minimum atomic E-state index is 0.670. The third-order valence-electron chi connectivity index (χ3n) is 10.2. The number of benzene rings is 7. The highest BCUT2D eigenvalue weighted by atomic mass is 16.3. The monoisotopic (exact) mass is 703 g/mol. The molecule has 10 aromatic rings. The molecule has 10 rings (SSSR count). The maximum Gasteiger partial charge on any atom is 0.160 e.